The van der Waals surface area contributed by atoms with Gasteiger partial charge in [-0.05, 0) is 38.0 Å². The van der Waals surface area contributed by atoms with E-state index in [9.17, 15) is 4.79 Å². The number of aromatic nitrogens is 2. The van der Waals surface area contributed by atoms with Crippen LogP contribution in [0.3, 0.4) is 0 Å². The van der Waals surface area contributed by atoms with Crippen LogP contribution in [0.2, 0.25) is 0 Å². The maximum Gasteiger partial charge on any atom is 0.241 e. The molecule has 0 saturated heterocycles. The maximum absolute atomic E-state index is 11.7. The highest BCUT2D eigenvalue weighted by molar-refractivity contribution is 5.76. The Labute approximate surface area is 113 Å². The van der Waals surface area contributed by atoms with Crippen molar-refractivity contribution in [3.8, 4) is 0 Å². The second-order valence-electron chi connectivity index (χ2n) is 5.76. The maximum atomic E-state index is 11.7. The van der Waals surface area contributed by atoms with E-state index in [4.69, 9.17) is 0 Å². The van der Waals surface area contributed by atoms with Gasteiger partial charge in [0, 0.05) is 18.3 Å². The van der Waals surface area contributed by atoms with Gasteiger partial charge < -0.3 is 10.6 Å². The Balaban J connectivity index is 1.51. The van der Waals surface area contributed by atoms with Gasteiger partial charge in [-0.3, -0.25) is 9.48 Å². The van der Waals surface area contributed by atoms with Crippen LogP contribution in [-0.4, -0.2) is 27.8 Å². The smallest absolute Gasteiger partial charge is 0.241 e. The lowest BCUT2D eigenvalue weighted by atomic mass is 10.1. The van der Waals surface area contributed by atoms with E-state index >= 15 is 0 Å². The highest BCUT2D eigenvalue weighted by Gasteiger charge is 2.30. The normalized spacial score (nSPS) is 20.1. The molecule has 0 aliphatic heterocycles. The number of nitrogens with zero attached hydrogens (tertiary/aromatic N) is 2. The number of nitrogens with one attached hydrogen (secondary N) is 2. The Morgan fingerprint density at radius 1 is 1.47 bits per heavy atom. The quantitative estimate of drug-likeness (QED) is 0.787. The standard InChI is InChI=1S/C14H22N4O/c1-2-13(10-3-4-10)16-12-7-15-18(8-12)9-14(19)17-11-5-6-11/h7-8,10-11,13,16H,2-6,9H2,1H3,(H,17,19). The van der Waals surface area contributed by atoms with Crippen LogP contribution in [0.15, 0.2) is 12.4 Å². The van der Waals surface area contributed by atoms with Crippen molar-refractivity contribution < 1.29 is 4.79 Å². The zero-order valence-corrected chi connectivity index (χ0v) is 11.4. The van der Waals surface area contributed by atoms with Crippen molar-refractivity contribution in [1.82, 2.24) is 15.1 Å². The third-order valence-corrected chi connectivity index (χ3v) is 3.86. The molecule has 2 aliphatic rings. The molecule has 2 saturated carbocycles. The highest BCUT2D eigenvalue weighted by Crippen LogP contribution is 2.35. The van der Waals surface area contributed by atoms with E-state index in [0.717, 1.165) is 30.9 Å². The summed E-state index contributed by atoms with van der Waals surface area (Å²) in [5.74, 6) is 0.887. The van der Waals surface area contributed by atoms with Crippen LogP contribution < -0.4 is 10.6 Å². The van der Waals surface area contributed by atoms with E-state index in [1.807, 2.05) is 12.4 Å². The van der Waals surface area contributed by atoms with Gasteiger partial charge in [-0.2, -0.15) is 5.10 Å². The predicted octanol–water partition coefficient (Wildman–Crippen LogP) is 1.76. The SMILES string of the molecule is CCC(Nc1cnn(CC(=O)NC2CC2)c1)C1CC1. The van der Waals surface area contributed by atoms with Gasteiger partial charge in [0.15, 0.2) is 0 Å². The third-order valence-electron chi connectivity index (χ3n) is 3.86. The number of amides is 1. The molecule has 1 aromatic heterocycles. The molecule has 19 heavy (non-hydrogen) atoms. The number of hydrogen-bond donors (Lipinski definition) is 2. The van der Waals surface area contributed by atoms with Gasteiger partial charge in [0.1, 0.15) is 6.54 Å². The summed E-state index contributed by atoms with van der Waals surface area (Å²) in [5, 5.41) is 10.7. The van der Waals surface area contributed by atoms with Crippen molar-refractivity contribution in [1.29, 1.82) is 0 Å². The molecule has 0 radical (unpaired) electrons. The Morgan fingerprint density at radius 2 is 2.26 bits per heavy atom. The first-order chi connectivity index (χ1) is 9.24. The molecule has 5 heteroatoms. The summed E-state index contributed by atoms with van der Waals surface area (Å²) < 4.78 is 1.71. The number of rotatable bonds is 7. The minimum absolute atomic E-state index is 0.0615. The molecule has 0 bridgehead atoms. The average molecular weight is 262 g/mol. The number of carbonyl (C=O) groups is 1. The second kappa shape index (κ2) is 5.23. The summed E-state index contributed by atoms with van der Waals surface area (Å²) in [4.78, 5) is 11.7. The zero-order valence-electron chi connectivity index (χ0n) is 11.4. The van der Waals surface area contributed by atoms with E-state index in [-0.39, 0.29) is 5.91 Å². The van der Waals surface area contributed by atoms with Crippen LogP contribution in [-0.2, 0) is 11.3 Å². The monoisotopic (exact) mass is 262 g/mol. The molecule has 104 valence electrons. The van der Waals surface area contributed by atoms with Crippen molar-refractivity contribution >= 4 is 11.6 Å². The zero-order chi connectivity index (χ0) is 13.2. The largest absolute Gasteiger partial charge is 0.380 e. The molecule has 1 unspecified atom stereocenters. The van der Waals surface area contributed by atoms with Gasteiger partial charge in [0.25, 0.3) is 0 Å². The van der Waals surface area contributed by atoms with Crippen LogP contribution in [0.5, 0.6) is 0 Å². The predicted molar refractivity (Wildman–Crippen MR) is 73.8 cm³/mol. The minimum atomic E-state index is 0.0615. The van der Waals surface area contributed by atoms with Crippen molar-refractivity contribution in [2.75, 3.05) is 5.32 Å². The van der Waals surface area contributed by atoms with E-state index < -0.39 is 0 Å². The summed E-state index contributed by atoms with van der Waals surface area (Å²) >= 11 is 0. The van der Waals surface area contributed by atoms with Gasteiger partial charge in [-0.1, -0.05) is 6.92 Å². The summed E-state index contributed by atoms with van der Waals surface area (Å²) in [5.41, 5.74) is 1.03. The van der Waals surface area contributed by atoms with Gasteiger partial charge in [0.2, 0.25) is 5.91 Å². The van der Waals surface area contributed by atoms with Crippen LogP contribution in [0, 0.1) is 5.92 Å². The lowest BCUT2D eigenvalue weighted by molar-refractivity contribution is -0.122. The van der Waals surface area contributed by atoms with Gasteiger partial charge in [-0.15, -0.1) is 0 Å². The molecule has 0 spiro atoms. The Hall–Kier alpha value is -1.52. The number of anilines is 1. The van der Waals surface area contributed by atoms with Gasteiger partial charge >= 0.3 is 0 Å². The minimum Gasteiger partial charge on any atom is -0.380 e. The molecule has 2 aliphatic carbocycles. The molecule has 3 rings (SSSR count). The van der Waals surface area contributed by atoms with Crippen molar-refractivity contribution in [3.05, 3.63) is 12.4 Å². The summed E-state index contributed by atoms with van der Waals surface area (Å²) in [7, 11) is 0. The topological polar surface area (TPSA) is 59.0 Å². The fourth-order valence-electron chi connectivity index (χ4n) is 2.44. The summed E-state index contributed by atoms with van der Waals surface area (Å²) in [6, 6.07) is 0.970. The molecular formula is C14H22N4O. The highest BCUT2D eigenvalue weighted by atomic mass is 16.2. The van der Waals surface area contributed by atoms with Crippen LogP contribution in [0.1, 0.15) is 39.0 Å². The fraction of sp³-hybridized carbons (Fsp3) is 0.714. The van der Waals surface area contributed by atoms with E-state index in [1.165, 1.54) is 12.8 Å². The first-order valence-corrected chi connectivity index (χ1v) is 7.33. The lowest BCUT2D eigenvalue weighted by Gasteiger charge is -2.15. The van der Waals surface area contributed by atoms with Gasteiger partial charge in [0.05, 0.1) is 11.9 Å². The third kappa shape index (κ3) is 3.49. The molecular weight excluding hydrogens is 240 g/mol. The molecule has 1 amide bonds. The van der Waals surface area contributed by atoms with Crippen molar-refractivity contribution in [2.24, 2.45) is 5.92 Å². The molecule has 0 aromatic carbocycles. The average Bonchev–Trinajstić information content (AvgIpc) is 3.28. The van der Waals surface area contributed by atoms with Gasteiger partial charge in [-0.25, -0.2) is 0 Å². The number of carbonyl (C=O) groups excluding carboxylic acids is 1. The molecule has 2 N–H and O–H groups in total. The van der Waals surface area contributed by atoms with E-state index in [0.29, 0.717) is 18.6 Å². The second-order valence-corrected chi connectivity index (χ2v) is 5.76. The molecule has 1 aromatic rings. The molecule has 1 atom stereocenters. The fourth-order valence-corrected chi connectivity index (χ4v) is 2.44. The van der Waals surface area contributed by atoms with Crippen LogP contribution >= 0.6 is 0 Å². The van der Waals surface area contributed by atoms with Crippen LogP contribution in [0.4, 0.5) is 5.69 Å². The van der Waals surface area contributed by atoms with E-state index in [2.05, 4.69) is 22.7 Å². The number of hydrogen-bond acceptors (Lipinski definition) is 3. The van der Waals surface area contributed by atoms with Crippen LogP contribution in [0.25, 0.3) is 0 Å². The van der Waals surface area contributed by atoms with E-state index in [1.54, 1.807) is 4.68 Å². The van der Waals surface area contributed by atoms with Crippen molar-refractivity contribution in [3.63, 3.8) is 0 Å². The Bertz CT molecular complexity index is 448. The first kappa shape index (κ1) is 12.5. The molecule has 1 heterocycles. The molecule has 5 nitrogen and oxygen atoms in total. The lowest BCUT2D eigenvalue weighted by Crippen LogP contribution is -2.29. The van der Waals surface area contributed by atoms with Crippen molar-refractivity contribution in [2.45, 2.75) is 57.7 Å². The summed E-state index contributed by atoms with van der Waals surface area (Å²) in [6.45, 7) is 2.53. The first-order valence-electron chi connectivity index (χ1n) is 7.33. The Morgan fingerprint density at radius 3 is 2.89 bits per heavy atom. The summed E-state index contributed by atoms with van der Waals surface area (Å²) in [6.07, 6.45) is 9.80. The Kier molecular flexibility index (Phi) is 3.44. The molecule has 2 fully saturated rings.